The number of carbonyl (C=O) groups is 1. The van der Waals surface area contributed by atoms with Crippen LogP contribution in [0, 0.1) is 5.41 Å². The van der Waals surface area contributed by atoms with E-state index in [-0.39, 0.29) is 17.2 Å². The Hall–Kier alpha value is -0.900. The third kappa shape index (κ3) is 2.20. The van der Waals surface area contributed by atoms with Gasteiger partial charge < -0.3 is 5.73 Å². The van der Waals surface area contributed by atoms with Gasteiger partial charge in [-0.25, -0.2) is 4.98 Å². The van der Waals surface area contributed by atoms with E-state index in [1.54, 1.807) is 0 Å². The maximum absolute atomic E-state index is 11.6. The number of thiazole rings is 1. The Labute approximate surface area is 118 Å². The fourth-order valence-corrected chi connectivity index (χ4v) is 4.83. The van der Waals surface area contributed by atoms with Crippen molar-refractivity contribution in [3.63, 3.8) is 0 Å². The summed E-state index contributed by atoms with van der Waals surface area (Å²) in [5.74, 6) is 0.797. The topological polar surface area (TPSA) is 56.0 Å². The number of rotatable bonds is 3. The molecule has 0 aliphatic heterocycles. The van der Waals surface area contributed by atoms with Gasteiger partial charge >= 0.3 is 0 Å². The molecule has 2 atom stereocenters. The molecule has 1 aromatic rings. The lowest BCUT2D eigenvalue weighted by atomic mass is 9.61. The second-order valence-electron chi connectivity index (χ2n) is 6.31. The molecule has 1 amide bonds. The number of carbonyl (C=O) groups excluding carboxylic acids is 1. The molecule has 0 spiro atoms. The van der Waals surface area contributed by atoms with Crippen LogP contribution in [0.4, 0.5) is 0 Å². The molecule has 104 valence electrons. The zero-order valence-corrected chi connectivity index (χ0v) is 12.3. The molecule has 4 heteroatoms. The number of amides is 1. The Balaban J connectivity index is 1.76. The van der Waals surface area contributed by atoms with Crippen molar-refractivity contribution in [2.75, 3.05) is 0 Å². The Morgan fingerprint density at radius 1 is 1.37 bits per heavy atom. The van der Waals surface area contributed by atoms with Crippen LogP contribution in [0.2, 0.25) is 0 Å². The fourth-order valence-electron chi connectivity index (χ4n) is 3.45. The van der Waals surface area contributed by atoms with Gasteiger partial charge in [0, 0.05) is 17.0 Å². The minimum atomic E-state index is -0.359. The highest BCUT2D eigenvalue weighted by molar-refractivity contribution is 7.11. The van der Waals surface area contributed by atoms with Gasteiger partial charge in [0.05, 0.1) is 10.4 Å². The van der Waals surface area contributed by atoms with Crippen LogP contribution in [0.15, 0.2) is 6.20 Å². The van der Waals surface area contributed by atoms with Crippen molar-refractivity contribution in [2.45, 2.75) is 63.7 Å². The highest BCUT2D eigenvalue weighted by atomic mass is 32.1. The summed E-state index contributed by atoms with van der Waals surface area (Å²) in [5, 5.41) is 1.13. The molecule has 2 N–H and O–H groups in total. The van der Waals surface area contributed by atoms with E-state index in [9.17, 15) is 4.79 Å². The van der Waals surface area contributed by atoms with Crippen LogP contribution < -0.4 is 5.73 Å². The number of aromatic nitrogens is 1. The van der Waals surface area contributed by atoms with Crippen molar-refractivity contribution in [1.29, 1.82) is 0 Å². The van der Waals surface area contributed by atoms with Gasteiger partial charge in [-0.15, -0.1) is 11.3 Å². The highest BCUT2D eigenvalue weighted by Gasteiger charge is 2.49. The predicted molar refractivity (Wildman–Crippen MR) is 77.2 cm³/mol. The van der Waals surface area contributed by atoms with Crippen molar-refractivity contribution in [3.8, 4) is 0 Å². The van der Waals surface area contributed by atoms with Crippen molar-refractivity contribution < 1.29 is 4.79 Å². The highest BCUT2D eigenvalue weighted by Crippen LogP contribution is 2.53. The van der Waals surface area contributed by atoms with Crippen LogP contribution >= 0.6 is 11.3 Å². The molecule has 2 aliphatic carbocycles. The normalized spacial score (nSPS) is 31.9. The Kier molecular flexibility index (Phi) is 3.37. The first kappa shape index (κ1) is 13.1. The van der Waals surface area contributed by atoms with Gasteiger partial charge in [0.1, 0.15) is 0 Å². The van der Waals surface area contributed by atoms with E-state index in [4.69, 9.17) is 5.73 Å². The molecular weight excluding hydrogens is 256 g/mol. The molecule has 2 unspecified atom stereocenters. The number of nitrogens with zero attached hydrogens (tertiary/aromatic N) is 1. The molecule has 2 fully saturated rings. The van der Waals surface area contributed by atoms with Crippen LogP contribution in [0.5, 0.6) is 0 Å². The minimum absolute atomic E-state index is 0.168. The number of nitrogens with two attached hydrogens (primary N) is 1. The number of hydrogen-bond donors (Lipinski definition) is 1. The summed E-state index contributed by atoms with van der Waals surface area (Å²) >= 11 is 1.82. The first-order valence-electron chi connectivity index (χ1n) is 7.37. The zero-order chi connectivity index (χ0) is 13.5. The van der Waals surface area contributed by atoms with Crippen LogP contribution in [-0.2, 0) is 4.79 Å². The van der Waals surface area contributed by atoms with E-state index in [2.05, 4.69) is 11.2 Å². The van der Waals surface area contributed by atoms with Gasteiger partial charge in [-0.1, -0.05) is 26.2 Å². The van der Waals surface area contributed by atoms with Gasteiger partial charge in [-0.3, -0.25) is 4.79 Å². The SMILES string of the molecule is CC1(C(N)=O)CCC1c1ncc(C2CCCCC2)s1. The lowest BCUT2D eigenvalue weighted by Gasteiger charge is -2.43. The first-order valence-corrected chi connectivity index (χ1v) is 8.18. The predicted octanol–water partition coefficient (Wildman–Crippen LogP) is 3.56. The van der Waals surface area contributed by atoms with Gasteiger partial charge in [-0.2, -0.15) is 0 Å². The van der Waals surface area contributed by atoms with Crippen LogP contribution in [0.3, 0.4) is 0 Å². The van der Waals surface area contributed by atoms with Crippen LogP contribution in [-0.4, -0.2) is 10.9 Å². The Morgan fingerprint density at radius 3 is 2.68 bits per heavy atom. The average Bonchev–Trinajstić information content (AvgIpc) is 2.86. The van der Waals surface area contributed by atoms with Crippen LogP contribution in [0.1, 0.15) is 73.6 Å². The first-order chi connectivity index (χ1) is 9.11. The smallest absolute Gasteiger partial charge is 0.224 e. The second-order valence-corrected chi connectivity index (χ2v) is 7.40. The minimum Gasteiger partial charge on any atom is -0.369 e. The van der Waals surface area contributed by atoms with Crippen LogP contribution in [0.25, 0.3) is 0 Å². The molecule has 0 aromatic carbocycles. The molecule has 2 saturated carbocycles. The average molecular weight is 278 g/mol. The quantitative estimate of drug-likeness (QED) is 0.919. The largest absolute Gasteiger partial charge is 0.369 e. The van der Waals surface area contributed by atoms with Crippen molar-refractivity contribution in [3.05, 3.63) is 16.1 Å². The standard InChI is InChI=1S/C15H22N2OS/c1-15(14(16)18)8-7-11(15)13-17-9-12(19-13)10-5-3-2-4-6-10/h9-11H,2-8H2,1H3,(H2,16,18). The monoisotopic (exact) mass is 278 g/mol. The van der Waals surface area contributed by atoms with E-state index < -0.39 is 0 Å². The summed E-state index contributed by atoms with van der Waals surface area (Å²) in [7, 11) is 0. The summed E-state index contributed by atoms with van der Waals surface area (Å²) in [6, 6.07) is 0. The van der Waals surface area contributed by atoms with E-state index in [0.29, 0.717) is 5.92 Å². The molecule has 3 rings (SSSR count). The molecule has 0 radical (unpaired) electrons. The molecule has 19 heavy (non-hydrogen) atoms. The number of primary amides is 1. The maximum atomic E-state index is 11.6. The van der Waals surface area contributed by atoms with Gasteiger partial charge in [0.25, 0.3) is 0 Å². The third-order valence-electron chi connectivity index (χ3n) is 5.13. The molecule has 1 heterocycles. The van der Waals surface area contributed by atoms with Gasteiger partial charge in [0.15, 0.2) is 0 Å². The van der Waals surface area contributed by atoms with E-state index in [0.717, 1.165) is 17.8 Å². The van der Waals surface area contributed by atoms with E-state index in [1.165, 1.54) is 37.0 Å². The summed E-state index contributed by atoms with van der Waals surface area (Å²) < 4.78 is 0. The van der Waals surface area contributed by atoms with Gasteiger partial charge in [-0.05, 0) is 31.6 Å². The Bertz CT molecular complexity index is 478. The second kappa shape index (κ2) is 4.89. The maximum Gasteiger partial charge on any atom is 0.224 e. The molecular formula is C15H22N2OS. The van der Waals surface area contributed by atoms with Crippen molar-refractivity contribution in [1.82, 2.24) is 4.98 Å². The van der Waals surface area contributed by atoms with Crippen molar-refractivity contribution in [2.24, 2.45) is 11.1 Å². The number of hydrogen-bond acceptors (Lipinski definition) is 3. The third-order valence-corrected chi connectivity index (χ3v) is 6.40. The zero-order valence-electron chi connectivity index (χ0n) is 11.5. The van der Waals surface area contributed by atoms with E-state index >= 15 is 0 Å². The fraction of sp³-hybridized carbons (Fsp3) is 0.733. The lowest BCUT2D eigenvalue weighted by Crippen LogP contribution is -2.46. The molecule has 0 bridgehead atoms. The summed E-state index contributed by atoms with van der Waals surface area (Å²) in [6.45, 7) is 1.99. The summed E-state index contributed by atoms with van der Waals surface area (Å²) in [6.07, 6.45) is 10.7. The summed E-state index contributed by atoms with van der Waals surface area (Å²) in [4.78, 5) is 17.6. The molecule has 1 aromatic heterocycles. The lowest BCUT2D eigenvalue weighted by molar-refractivity contribution is -0.132. The molecule has 3 nitrogen and oxygen atoms in total. The molecule has 0 saturated heterocycles. The Morgan fingerprint density at radius 2 is 2.11 bits per heavy atom. The summed E-state index contributed by atoms with van der Waals surface area (Å²) in [5.41, 5.74) is 5.19. The van der Waals surface area contributed by atoms with E-state index in [1.807, 2.05) is 18.3 Å². The van der Waals surface area contributed by atoms with Gasteiger partial charge in [0.2, 0.25) is 5.91 Å². The van der Waals surface area contributed by atoms with Crippen molar-refractivity contribution >= 4 is 17.2 Å². The molecule has 2 aliphatic rings.